The van der Waals surface area contributed by atoms with Crippen LogP contribution < -0.4 is 5.32 Å². The first-order valence-corrected chi connectivity index (χ1v) is 12.0. The van der Waals surface area contributed by atoms with E-state index in [0.29, 0.717) is 6.42 Å². The van der Waals surface area contributed by atoms with E-state index in [-0.39, 0.29) is 17.1 Å². The summed E-state index contributed by atoms with van der Waals surface area (Å²) in [4.78, 5) is 0. The number of ether oxygens (including phenoxy) is 1. The van der Waals surface area contributed by atoms with Crippen LogP contribution >= 0.6 is 0 Å². The van der Waals surface area contributed by atoms with Crippen LogP contribution in [-0.4, -0.2) is 45.6 Å². The summed E-state index contributed by atoms with van der Waals surface area (Å²) in [5.74, 6) is 3.56. The van der Waals surface area contributed by atoms with Crippen molar-refractivity contribution in [2.45, 2.75) is 77.4 Å². The highest BCUT2D eigenvalue weighted by Crippen LogP contribution is 2.40. The van der Waals surface area contributed by atoms with Crippen molar-refractivity contribution in [3.05, 3.63) is 35.2 Å². The van der Waals surface area contributed by atoms with Crippen molar-refractivity contribution in [1.29, 1.82) is 0 Å². The predicted molar refractivity (Wildman–Crippen MR) is 127 cm³/mol. The number of terminal acetylenes is 1. The first kappa shape index (κ1) is 23.5. The number of aromatic nitrogens is 4. The fourth-order valence-corrected chi connectivity index (χ4v) is 4.81. The third-order valence-corrected chi connectivity index (χ3v) is 7.08. The van der Waals surface area contributed by atoms with Gasteiger partial charge >= 0.3 is 0 Å². The van der Waals surface area contributed by atoms with E-state index < -0.39 is 0 Å². The molecule has 2 aliphatic heterocycles. The van der Waals surface area contributed by atoms with Crippen molar-refractivity contribution >= 4 is 0 Å². The zero-order valence-corrected chi connectivity index (χ0v) is 20.0. The Morgan fingerprint density at radius 1 is 1.24 bits per heavy atom. The molecule has 0 aliphatic carbocycles. The van der Waals surface area contributed by atoms with Gasteiger partial charge in [0.25, 0.3) is 0 Å². The Hall–Kier alpha value is -2.63. The molecule has 1 fully saturated rings. The average Bonchev–Trinajstić information content (AvgIpc) is 3.41. The smallest absolute Gasteiger partial charge is 0.193 e. The minimum Gasteiger partial charge on any atom is -0.381 e. The second-order valence-electron chi connectivity index (χ2n) is 9.66. The number of hydrogen-bond donors (Lipinski definition) is 1. The lowest BCUT2D eigenvalue weighted by Crippen LogP contribution is -2.35. The van der Waals surface area contributed by atoms with Crippen LogP contribution in [0.2, 0.25) is 0 Å². The van der Waals surface area contributed by atoms with Gasteiger partial charge in [0, 0.05) is 39.0 Å². The molecule has 0 bridgehead atoms. The zero-order valence-electron chi connectivity index (χ0n) is 20.0. The second-order valence-corrected chi connectivity index (χ2v) is 9.66. The summed E-state index contributed by atoms with van der Waals surface area (Å²) in [6, 6.07) is 6.38. The molecule has 1 N–H and O–H groups in total. The maximum Gasteiger partial charge on any atom is 0.193 e. The summed E-state index contributed by atoms with van der Waals surface area (Å²) < 4.78 is 7.58. The zero-order chi connectivity index (χ0) is 23.3. The van der Waals surface area contributed by atoms with E-state index in [1.165, 1.54) is 11.1 Å². The number of nitrogens with zero attached hydrogens (tertiary/aromatic N) is 6. The van der Waals surface area contributed by atoms with Crippen molar-refractivity contribution in [2.75, 3.05) is 19.8 Å². The summed E-state index contributed by atoms with van der Waals surface area (Å²) in [6.45, 7) is 9.02. The Morgan fingerprint density at radius 2 is 2.03 bits per heavy atom. The lowest BCUT2D eigenvalue weighted by atomic mass is 9.77. The fraction of sp³-hybridized carbons (Fsp3) is 0.640. The average molecular weight is 450 g/mol. The van der Waals surface area contributed by atoms with E-state index in [0.717, 1.165) is 69.8 Å². The largest absolute Gasteiger partial charge is 0.381 e. The molecule has 3 heterocycles. The maximum atomic E-state index is 5.64. The first-order chi connectivity index (χ1) is 16.0. The fourth-order valence-electron chi connectivity index (χ4n) is 4.81. The lowest BCUT2D eigenvalue weighted by Gasteiger charge is -2.36. The highest BCUT2D eigenvalue weighted by atomic mass is 16.5. The normalized spacial score (nSPS) is 19.2. The Morgan fingerprint density at radius 3 is 2.73 bits per heavy atom. The molecule has 2 aromatic rings. The van der Waals surface area contributed by atoms with Crippen molar-refractivity contribution in [1.82, 2.24) is 25.5 Å². The van der Waals surface area contributed by atoms with Crippen LogP contribution in [0.4, 0.5) is 0 Å². The number of hydrogen-bond acceptors (Lipinski definition) is 7. The summed E-state index contributed by atoms with van der Waals surface area (Å²) in [5, 5.41) is 25.4. The molecule has 8 heteroatoms. The van der Waals surface area contributed by atoms with Gasteiger partial charge in [-0.1, -0.05) is 32.0 Å². The van der Waals surface area contributed by atoms with Crippen LogP contribution in [0.15, 0.2) is 28.4 Å². The quantitative estimate of drug-likeness (QED) is 0.516. The Balaban J connectivity index is 1.58. The van der Waals surface area contributed by atoms with Crippen molar-refractivity contribution in [2.24, 2.45) is 15.6 Å². The van der Waals surface area contributed by atoms with Gasteiger partial charge in [-0.15, -0.1) is 17.4 Å². The molecule has 2 aliphatic rings. The highest BCUT2D eigenvalue weighted by Gasteiger charge is 2.39. The molecule has 0 spiro atoms. The molecular formula is C25H35N7O. The predicted octanol–water partition coefficient (Wildman–Crippen LogP) is 4.34. The first-order valence-electron chi connectivity index (χ1n) is 12.0. The van der Waals surface area contributed by atoms with Crippen LogP contribution in [-0.2, 0) is 11.2 Å². The van der Waals surface area contributed by atoms with E-state index >= 15 is 0 Å². The van der Waals surface area contributed by atoms with Crippen LogP contribution in [0.25, 0.3) is 5.69 Å². The SMILES string of the molecule is C#CCCC1(CCNC(CC2(C)CCOCC2)c2nnnn2-c2c(C)cccc2CC)N=N1. The Bertz CT molecular complexity index is 1010. The van der Waals surface area contributed by atoms with Crippen molar-refractivity contribution in [3.63, 3.8) is 0 Å². The van der Waals surface area contributed by atoms with Gasteiger partial charge in [-0.25, -0.2) is 0 Å². The molecule has 1 unspecified atom stereocenters. The van der Waals surface area contributed by atoms with E-state index in [1.54, 1.807) is 0 Å². The molecule has 1 aromatic carbocycles. The van der Waals surface area contributed by atoms with Gasteiger partial charge in [0.2, 0.25) is 0 Å². The molecule has 1 saturated heterocycles. The maximum absolute atomic E-state index is 5.64. The topological polar surface area (TPSA) is 89.6 Å². The van der Waals surface area contributed by atoms with Crippen LogP contribution in [0.3, 0.4) is 0 Å². The second kappa shape index (κ2) is 10.1. The van der Waals surface area contributed by atoms with Gasteiger partial charge in [0.1, 0.15) is 0 Å². The van der Waals surface area contributed by atoms with E-state index in [2.05, 4.69) is 76.0 Å². The summed E-state index contributed by atoms with van der Waals surface area (Å²) in [5.41, 5.74) is 3.36. The van der Waals surface area contributed by atoms with Gasteiger partial charge in [0.15, 0.2) is 11.5 Å². The summed E-state index contributed by atoms with van der Waals surface area (Å²) in [7, 11) is 0. The molecule has 1 aromatic heterocycles. The number of rotatable bonds is 11. The molecular weight excluding hydrogens is 414 g/mol. The number of nitrogens with one attached hydrogen (secondary N) is 1. The van der Waals surface area contributed by atoms with Crippen LogP contribution in [0, 0.1) is 24.7 Å². The van der Waals surface area contributed by atoms with Gasteiger partial charge in [0.05, 0.1) is 11.7 Å². The number of aryl methyl sites for hydroxylation is 2. The molecule has 176 valence electrons. The Labute approximate surface area is 196 Å². The number of para-hydroxylation sites is 1. The van der Waals surface area contributed by atoms with Crippen molar-refractivity contribution < 1.29 is 4.74 Å². The molecule has 8 nitrogen and oxygen atoms in total. The van der Waals surface area contributed by atoms with Gasteiger partial charge in [-0.3, -0.25) is 0 Å². The Kier molecular flexibility index (Phi) is 7.20. The van der Waals surface area contributed by atoms with E-state index in [9.17, 15) is 0 Å². The molecule has 1 atom stereocenters. The molecule has 33 heavy (non-hydrogen) atoms. The third kappa shape index (κ3) is 5.48. The number of tetrazole rings is 1. The summed E-state index contributed by atoms with van der Waals surface area (Å²) in [6.07, 6.45) is 11.7. The minimum absolute atomic E-state index is 0.0100. The minimum atomic E-state index is -0.302. The van der Waals surface area contributed by atoms with Crippen molar-refractivity contribution in [3.8, 4) is 18.0 Å². The van der Waals surface area contributed by atoms with Crippen LogP contribution in [0.1, 0.15) is 75.4 Å². The van der Waals surface area contributed by atoms with Gasteiger partial charge < -0.3 is 10.1 Å². The van der Waals surface area contributed by atoms with E-state index in [4.69, 9.17) is 11.2 Å². The molecule has 0 saturated carbocycles. The standard InChI is InChI=1S/C25H35N7O/c1-5-7-11-25(28-29-25)12-15-26-21(18-24(4)13-16-33-17-14-24)23-27-30-31-32(23)22-19(3)9-8-10-20(22)6-2/h1,8-10,21,26H,6-7,11-18H2,2-4H3. The van der Waals surface area contributed by atoms with Gasteiger partial charge in [-0.2, -0.15) is 14.9 Å². The highest BCUT2D eigenvalue weighted by molar-refractivity contribution is 5.47. The number of benzene rings is 1. The molecule has 4 rings (SSSR count). The molecule has 0 radical (unpaired) electrons. The third-order valence-electron chi connectivity index (χ3n) is 7.08. The molecule has 0 amide bonds. The van der Waals surface area contributed by atoms with Gasteiger partial charge in [-0.05, 0) is 59.6 Å². The van der Waals surface area contributed by atoms with Crippen LogP contribution in [0.5, 0.6) is 0 Å². The summed E-state index contributed by atoms with van der Waals surface area (Å²) >= 11 is 0. The van der Waals surface area contributed by atoms with E-state index in [1.807, 2.05) is 4.68 Å². The lowest BCUT2D eigenvalue weighted by molar-refractivity contribution is 0.0140. The monoisotopic (exact) mass is 449 g/mol.